The third kappa shape index (κ3) is 2.83. The number of benzene rings is 1. The fourth-order valence-corrected chi connectivity index (χ4v) is 5.59. The number of piperazine rings is 2. The molecule has 1 N–H and O–H groups in total. The van der Waals surface area contributed by atoms with Crippen molar-refractivity contribution in [1.29, 1.82) is 0 Å². The molecule has 25 heavy (non-hydrogen) atoms. The number of rotatable bonds is 2. The normalized spacial score (nSPS) is 21.9. The molecule has 0 aliphatic carbocycles. The summed E-state index contributed by atoms with van der Waals surface area (Å²) in [5.74, 6) is -0.464. The van der Waals surface area contributed by atoms with Gasteiger partial charge in [0.15, 0.2) is 0 Å². The summed E-state index contributed by atoms with van der Waals surface area (Å²) in [6.45, 7) is 7.81. The van der Waals surface area contributed by atoms with Gasteiger partial charge in [0.1, 0.15) is 6.04 Å². The predicted molar refractivity (Wildman–Crippen MR) is 92.7 cm³/mol. The molecule has 0 radical (unpaired) electrons. The minimum atomic E-state index is -3.74. The minimum absolute atomic E-state index is 0.00816. The lowest BCUT2D eigenvalue weighted by molar-refractivity contribution is -0.147. The van der Waals surface area contributed by atoms with E-state index >= 15 is 0 Å². The summed E-state index contributed by atoms with van der Waals surface area (Å²) in [6.07, 6.45) is 0. The van der Waals surface area contributed by atoms with Crippen LogP contribution in [0.2, 0.25) is 0 Å². The molecule has 2 fully saturated rings. The van der Waals surface area contributed by atoms with Crippen LogP contribution in [0.4, 0.5) is 0 Å². The van der Waals surface area contributed by atoms with E-state index in [0.29, 0.717) is 4.90 Å². The van der Waals surface area contributed by atoms with Crippen LogP contribution < -0.4 is 5.32 Å². The Bertz CT molecular complexity index is 837. The van der Waals surface area contributed by atoms with Crippen molar-refractivity contribution in [2.24, 2.45) is 0 Å². The summed E-state index contributed by atoms with van der Waals surface area (Å²) in [7, 11) is -3.74. The van der Waals surface area contributed by atoms with Gasteiger partial charge in [0.05, 0.1) is 11.4 Å². The van der Waals surface area contributed by atoms with Gasteiger partial charge >= 0.3 is 0 Å². The Morgan fingerprint density at radius 3 is 2.24 bits per heavy atom. The van der Waals surface area contributed by atoms with Gasteiger partial charge in [0.25, 0.3) is 0 Å². The first kappa shape index (κ1) is 17.9. The number of hydrogen-bond acceptors (Lipinski definition) is 4. The number of hydrogen-bond donors (Lipinski definition) is 1. The zero-order chi connectivity index (χ0) is 18.5. The maximum atomic E-state index is 13.3. The average Bonchev–Trinajstić information content (AvgIpc) is 2.56. The van der Waals surface area contributed by atoms with Crippen molar-refractivity contribution in [2.45, 2.75) is 38.6 Å². The number of sulfonamides is 1. The second-order valence-electron chi connectivity index (χ2n) is 6.77. The van der Waals surface area contributed by atoms with Gasteiger partial charge in [-0.2, -0.15) is 4.31 Å². The number of nitrogens with one attached hydrogen (secondary N) is 1. The third-order valence-electron chi connectivity index (χ3n) is 5.28. The molecule has 2 amide bonds. The lowest BCUT2D eigenvalue weighted by Gasteiger charge is -2.42. The van der Waals surface area contributed by atoms with Crippen molar-refractivity contribution in [3.63, 3.8) is 0 Å². The van der Waals surface area contributed by atoms with E-state index in [1.165, 1.54) is 9.21 Å². The molecule has 2 aliphatic rings. The van der Waals surface area contributed by atoms with Gasteiger partial charge in [0.2, 0.25) is 21.8 Å². The second-order valence-corrected chi connectivity index (χ2v) is 8.65. The van der Waals surface area contributed by atoms with Crippen LogP contribution in [0.3, 0.4) is 0 Å². The first-order valence-electron chi connectivity index (χ1n) is 8.29. The van der Waals surface area contributed by atoms with E-state index in [1.54, 1.807) is 0 Å². The fraction of sp³-hybridized carbons (Fsp3) is 0.529. The highest BCUT2D eigenvalue weighted by Gasteiger charge is 2.42. The summed E-state index contributed by atoms with van der Waals surface area (Å²) in [4.78, 5) is 25.8. The van der Waals surface area contributed by atoms with Crippen LogP contribution >= 0.6 is 0 Å². The monoisotopic (exact) mass is 365 g/mol. The third-order valence-corrected chi connectivity index (χ3v) is 7.41. The zero-order valence-electron chi connectivity index (χ0n) is 14.9. The lowest BCUT2D eigenvalue weighted by atomic mass is 10.0. The van der Waals surface area contributed by atoms with Crippen LogP contribution in [0.5, 0.6) is 0 Å². The summed E-state index contributed by atoms with van der Waals surface area (Å²) in [5, 5.41) is 2.53. The summed E-state index contributed by atoms with van der Waals surface area (Å²) >= 11 is 0. The molecule has 1 aromatic carbocycles. The average molecular weight is 365 g/mol. The molecule has 0 aromatic heterocycles. The van der Waals surface area contributed by atoms with Gasteiger partial charge in [-0.05, 0) is 49.9 Å². The standard InChI is InChI=1S/C17H23N3O4S/c1-10-7-11(2)13(4)16(12(10)3)25(23,24)19-5-6-20-14(9-19)17(22)18-8-15(20)21/h7,14H,5-6,8-9H2,1-4H3,(H,18,22)/t14-/m1/s1. The van der Waals surface area contributed by atoms with Crippen LogP contribution in [-0.4, -0.2) is 61.7 Å². The van der Waals surface area contributed by atoms with Crippen molar-refractivity contribution in [1.82, 2.24) is 14.5 Å². The molecule has 0 spiro atoms. The van der Waals surface area contributed by atoms with E-state index in [0.717, 1.165) is 22.3 Å². The lowest BCUT2D eigenvalue weighted by Crippen LogP contribution is -2.66. The van der Waals surface area contributed by atoms with Gasteiger partial charge < -0.3 is 10.2 Å². The largest absolute Gasteiger partial charge is 0.345 e. The Balaban J connectivity index is 2.00. The molecule has 0 saturated carbocycles. The number of aryl methyl sites for hydroxylation is 2. The smallest absolute Gasteiger partial charge is 0.244 e. The first-order chi connectivity index (χ1) is 11.6. The quantitative estimate of drug-likeness (QED) is 0.814. The van der Waals surface area contributed by atoms with Gasteiger partial charge in [-0.25, -0.2) is 8.42 Å². The first-order valence-corrected chi connectivity index (χ1v) is 9.73. The highest BCUT2D eigenvalue weighted by Crippen LogP contribution is 2.30. The fourth-order valence-electron chi connectivity index (χ4n) is 3.58. The van der Waals surface area contributed by atoms with Crippen molar-refractivity contribution in [2.75, 3.05) is 26.2 Å². The number of carbonyl (C=O) groups excluding carboxylic acids is 2. The summed E-state index contributed by atoms with van der Waals surface area (Å²) in [6, 6.07) is 1.23. The van der Waals surface area contributed by atoms with Crippen LogP contribution in [0.1, 0.15) is 22.3 Å². The van der Waals surface area contributed by atoms with E-state index in [4.69, 9.17) is 0 Å². The Hall–Kier alpha value is -1.93. The zero-order valence-corrected chi connectivity index (χ0v) is 15.7. The molecule has 2 heterocycles. The van der Waals surface area contributed by atoms with Crippen molar-refractivity contribution in [3.05, 3.63) is 28.3 Å². The van der Waals surface area contributed by atoms with Gasteiger partial charge in [-0.15, -0.1) is 0 Å². The number of amides is 2. The number of carbonyl (C=O) groups is 2. The molecule has 0 bridgehead atoms. The van der Waals surface area contributed by atoms with Crippen molar-refractivity contribution < 1.29 is 18.0 Å². The van der Waals surface area contributed by atoms with Crippen molar-refractivity contribution >= 4 is 21.8 Å². The number of fused-ring (bicyclic) bond motifs is 1. The molecule has 8 heteroatoms. The molecule has 1 atom stereocenters. The number of nitrogens with zero attached hydrogens (tertiary/aromatic N) is 2. The molecule has 1 aromatic rings. The SMILES string of the molecule is Cc1cc(C)c(C)c(S(=O)(=O)N2CCN3C(=O)CNC(=O)[C@H]3C2)c1C. The highest BCUT2D eigenvalue weighted by atomic mass is 32.2. The van der Waals surface area contributed by atoms with E-state index in [9.17, 15) is 18.0 Å². The highest BCUT2D eigenvalue weighted by molar-refractivity contribution is 7.89. The Morgan fingerprint density at radius 1 is 1.04 bits per heavy atom. The molecule has 136 valence electrons. The molecule has 0 unspecified atom stereocenters. The van der Waals surface area contributed by atoms with Crippen LogP contribution in [-0.2, 0) is 19.6 Å². The molecule has 2 aliphatic heterocycles. The van der Waals surface area contributed by atoms with Crippen LogP contribution in [0.25, 0.3) is 0 Å². The Kier molecular flexibility index (Phi) is 4.36. The van der Waals surface area contributed by atoms with Gasteiger partial charge in [-0.1, -0.05) is 6.07 Å². The maximum absolute atomic E-state index is 13.3. The molecule has 7 nitrogen and oxygen atoms in total. The molecular weight excluding hydrogens is 342 g/mol. The van der Waals surface area contributed by atoms with E-state index in [2.05, 4.69) is 5.32 Å². The summed E-state index contributed by atoms with van der Waals surface area (Å²) < 4.78 is 27.9. The van der Waals surface area contributed by atoms with Crippen LogP contribution in [0.15, 0.2) is 11.0 Å². The van der Waals surface area contributed by atoms with Crippen molar-refractivity contribution in [3.8, 4) is 0 Å². The predicted octanol–water partition coefficient (Wildman–Crippen LogP) is 0.252. The summed E-state index contributed by atoms with van der Waals surface area (Å²) in [5.41, 5.74) is 3.31. The van der Waals surface area contributed by atoms with E-state index < -0.39 is 16.1 Å². The van der Waals surface area contributed by atoms with E-state index in [-0.39, 0.29) is 38.0 Å². The molecule has 2 saturated heterocycles. The maximum Gasteiger partial charge on any atom is 0.244 e. The van der Waals surface area contributed by atoms with Gasteiger partial charge in [-0.3, -0.25) is 9.59 Å². The van der Waals surface area contributed by atoms with E-state index in [1.807, 2.05) is 33.8 Å². The topological polar surface area (TPSA) is 86.8 Å². The Morgan fingerprint density at radius 2 is 1.64 bits per heavy atom. The molecular formula is C17H23N3O4S. The van der Waals surface area contributed by atoms with Gasteiger partial charge in [0, 0.05) is 19.6 Å². The molecule has 3 rings (SSSR count). The second kappa shape index (κ2) is 6.10. The van der Waals surface area contributed by atoms with Crippen LogP contribution in [0, 0.1) is 27.7 Å². The minimum Gasteiger partial charge on any atom is -0.345 e. The Labute approximate surface area is 148 Å².